The van der Waals surface area contributed by atoms with Gasteiger partial charge >= 0.3 is 0 Å². The molecule has 1 aromatic carbocycles. The van der Waals surface area contributed by atoms with Gasteiger partial charge in [0.2, 0.25) is 0 Å². The van der Waals surface area contributed by atoms with E-state index in [0.717, 1.165) is 11.3 Å². The van der Waals surface area contributed by atoms with E-state index >= 15 is 0 Å². The van der Waals surface area contributed by atoms with Crippen LogP contribution in [-0.2, 0) is 13.6 Å². The molecular formula is C12H11FN4. The van der Waals surface area contributed by atoms with Gasteiger partial charge < -0.3 is 9.13 Å². The zero-order valence-corrected chi connectivity index (χ0v) is 9.34. The standard InChI is InChI=1S/C12H11FN4/c1-16-8-14-15-12(16)7-17-6-5-9-10(13)3-2-4-11(9)17/h2-6,8H,7H2,1H3. The van der Waals surface area contributed by atoms with Crippen LogP contribution in [0.2, 0.25) is 0 Å². The number of nitrogens with zero attached hydrogens (tertiary/aromatic N) is 4. The van der Waals surface area contributed by atoms with Crippen LogP contribution >= 0.6 is 0 Å². The van der Waals surface area contributed by atoms with Gasteiger partial charge in [-0.05, 0) is 18.2 Å². The average molecular weight is 230 g/mol. The van der Waals surface area contributed by atoms with Gasteiger partial charge in [0.05, 0.1) is 12.1 Å². The highest BCUT2D eigenvalue weighted by Gasteiger charge is 2.07. The van der Waals surface area contributed by atoms with E-state index in [-0.39, 0.29) is 5.82 Å². The summed E-state index contributed by atoms with van der Waals surface area (Å²) >= 11 is 0. The Morgan fingerprint density at radius 3 is 2.94 bits per heavy atom. The summed E-state index contributed by atoms with van der Waals surface area (Å²) < 4.78 is 17.3. The van der Waals surface area contributed by atoms with Gasteiger partial charge in [-0.3, -0.25) is 0 Å². The molecule has 0 saturated heterocycles. The van der Waals surface area contributed by atoms with Gasteiger partial charge in [0, 0.05) is 18.6 Å². The summed E-state index contributed by atoms with van der Waals surface area (Å²) in [6, 6.07) is 6.86. The van der Waals surface area contributed by atoms with Crippen LogP contribution in [0.5, 0.6) is 0 Å². The molecule has 0 saturated carbocycles. The van der Waals surface area contributed by atoms with Crippen molar-refractivity contribution in [2.45, 2.75) is 6.54 Å². The second-order valence-corrected chi connectivity index (χ2v) is 3.97. The normalized spacial score (nSPS) is 11.2. The Hall–Kier alpha value is -2.17. The quantitative estimate of drug-likeness (QED) is 0.674. The minimum atomic E-state index is -0.195. The second kappa shape index (κ2) is 3.69. The largest absolute Gasteiger partial charge is 0.340 e. The molecule has 86 valence electrons. The number of rotatable bonds is 2. The van der Waals surface area contributed by atoms with Crippen molar-refractivity contribution in [3.63, 3.8) is 0 Å². The SMILES string of the molecule is Cn1cnnc1Cn1ccc2c(F)cccc21. The highest BCUT2D eigenvalue weighted by atomic mass is 19.1. The maximum atomic E-state index is 13.5. The first-order valence-corrected chi connectivity index (χ1v) is 5.32. The van der Waals surface area contributed by atoms with Crippen LogP contribution in [0, 0.1) is 5.82 Å². The smallest absolute Gasteiger partial charge is 0.152 e. The zero-order chi connectivity index (χ0) is 11.8. The predicted molar refractivity (Wildman–Crippen MR) is 62.0 cm³/mol. The Labute approximate surface area is 97.3 Å². The molecule has 0 amide bonds. The lowest BCUT2D eigenvalue weighted by Gasteiger charge is -2.04. The molecular weight excluding hydrogens is 219 g/mol. The maximum absolute atomic E-state index is 13.5. The van der Waals surface area contributed by atoms with Crippen LogP contribution in [0.15, 0.2) is 36.8 Å². The number of fused-ring (bicyclic) bond motifs is 1. The Kier molecular flexibility index (Phi) is 2.18. The molecule has 0 spiro atoms. The molecule has 3 rings (SSSR count). The molecule has 0 aliphatic rings. The van der Waals surface area contributed by atoms with Gasteiger partial charge in [-0.15, -0.1) is 10.2 Å². The van der Waals surface area contributed by atoms with E-state index in [4.69, 9.17) is 0 Å². The fourth-order valence-electron chi connectivity index (χ4n) is 1.93. The molecule has 0 N–H and O–H groups in total. The van der Waals surface area contributed by atoms with Crippen LogP contribution in [0.1, 0.15) is 5.82 Å². The van der Waals surface area contributed by atoms with E-state index in [1.165, 1.54) is 6.07 Å². The second-order valence-electron chi connectivity index (χ2n) is 3.97. The lowest BCUT2D eigenvalue weighted by atomic mass is 10.2. The molecule has 0 unspecified atom stereocenters. The number of aryl methyl sites for hydroxylation is 1. The highest BCUT2D eigenvalue weighted by Crippen LogP contribution is 2.19. The fraction of sp³-hybridized carbons (Fsp3) is 0.167. The van der Waals surface area contributed by atoms with Crippen molar-refractivity contribution in [3.8, 4) is 0 Å². The van der Waals surface area contributed by atoms with Crippen molar-refractivity contribution < 1.29 is 4.39 Å². The Morgan fingerprint density at radius 2 is 2.18 bits per heavy atom. The number of halogens is 1. The highest BCUT2D eigenvalue weighted by molar-refractivity contribution is 5.80. The topological polar surface area (TPSA) is 35.6 Å². The number of hydrogen-bond donors (Lipinski definition) is 0. The maximum Gasteiger partial charge on any atom is 0.152 e. The first-order chi connectivity index (χ1) is 8.25. The van der Waals surface area contributed by atoms with Crippen LogP contribution in [0.3, 0.4) is 0 Å². The molecule has 4 nitrogen and oxygen atoms in total. The summed E-state index contributed by atoms with van der Waals surface area (Å²) in [7, 11) is 1.89. The van der Waals surface area contributed by atoms with Gasteiger partial charge in [0.15, 0.2) is 5.82 Å². The number of hydrogen-bond acceptors (Lipinski definition) is 2. The van der Waals surface area contributed by atoms with Crippen molar-refractivity contribution in [2.24, 2.45) is 7.05 Å². The molecule has 0 atom stereocenters. The molecule has 3 aromatic rings. The lowest BCUT2D eigenvalue weighted by Crippen LogP contribution is -2.04. The lowest BCUT2D eigenvalue weighted by molar-refractivity contribution is 0.639. The van der Waals surface area contributed by atoms with E-state index in [1.54, 1.807) is 18.5 Å². The van der Waals surface area contributed by atoms with Gasteiger partial charge in [-0.25, -0.2) is 4.39 Å². The van der Waals surface area contributed by atoms with E-state index in [9.17, 15) is 4.39 Å². The molecule has 0 fully saturated rings. The summed E-state index contributed by atoms with van der Waals surface area (Å²) in [6.45, 7) is 0.587. The van der Waals surface area contributed by atoms with Gasteiger partial charge in [0.25, 0.3) is 0 Å². The summed E-state index contributed by atoms with van der Waals surface area (Å²) in [5, 5.41) is 8.48. The fourth-order valence-corrected chi connectivity index (χ4v) is 1.93. The van der Waals surface area contributed by atoms with Crippen LogP contribution in [-0.4, -0.2) is 19.3 Å². The van der Waals surface area contributed by atoms with Crippen molar-refractivity contribution in [1.29, 1.82) is 0 Å². The molecule has 2 aromatic heterocycles. The molecule has 0 aliphatic carbocycles. The van der Waals surface area contributed by atoms with Crippen LogP contribution in [0.25, 0.3) is 10.9 Å². The number of benzene rings is 1. The third kappa shape index (κ3) is 1.60. The molecule has 5 heteroatoms. The van der Waals surface area contributed by atoms with E-state index in [2.05, 4.69) is 10.2 Å². The van der Waals surface area contributed by atoms with Crippen molar-refractivity contribution >= 4 is 10.9 Å². The van der Waals surface area contributed by atoms with Gasteiger partial charge in [-0.1, -0.05) is 6.07 Å². The van der Waals surface area contributed by atoms with Gasteiger partial charge in [-0.2, -0.15) is 0 Å². The van der Waals surface area contributed by atoms with Crippen LogP contribution < -0.4 is 0 Å². The Morgan fingerprint density at radius 1 is 1.29 bits per heavy atom. The Balaban J connectivity index is 2.07. The minimum Gasteiger partial charge on any atom is -0.340 e. The van der Waals surface area contributed by atoms with E-state index in [0.29, 0.717) is 11.9 Å². The van der Waals surface area contributed by atoms with Crippen molar-refractivity contribution in [2.75, 3.05) is 0 Å². The van der Waals surface area contributed by atoms with E-state index < -0.39 is 0 Å². The Bertz CT molecular complexity index is 668. The van der Waals surface area contributed by atoms with Crippen molar-refractivity contribution in [1.82, 2.24) is 19.3 Å². The summed E-state index contributed by atoms with van der Waals surface area (Å²) in [6.07, 6.45) is 3.52. The monoisotopic (exact) mass is 230 g/mol. The summed E-state index contributed by atoms with van der Waals surface area (Å²) in [5.74, 6) is 0.644. The minimum absolute atomic E-state index is 0.195. The number of aromatic nitrogens is 4. The third-order valence-electron chi connectivity index (χ3n) is 2.88. The molecule has 0 aliphatic heterocycles. The molecule has 0 radical (unpaired) electrons. The molecule has 2 heterocycles. The summed E-state index contributed by atoms with van der Waals surface area (Å²) in [4.78, 5) is 0. The van der Waals surface area contributed by atoms with Crippen LogP contribution in [0.4, 0.5) is 4.39 Å². The van der Waals surface area contributed by atoms with Crippen molar-refractivity contribution in [3.05, 3.63) is 48.4 Å². The third-order valence-corrected chi connectivity index (χ3v) is 2.88. The summed E-state index contributed by atoms with van der Waals surface area (Å²) in [5.41, 5.74) is 0.869. The first kappa shape index (κ1) is 10.0. The molecule has 17 heavy (non-hydrogen) atoms. The average Bonchev–Trinajstić information content (AvgIpc) is 2.89. The predicted octanol–water partition coefficient (Wildman–Crippen LogP) is 1.96. The van der Waals surface area contributed by atoms with Gasteiger partial charge in [0.1, 0.15) is 12.1 Å². The molecule has 0 bridgehead atoms. The van der Waals surface area contributed by atoms with E-state index in [1.807, 2.05) is 28.4 Å². The first-order valence-electron chi connectivity index (χ1n) is 5.32. The zero-order valence-electron chi connectivity index (χ0n) is 9.34.